The molecule has 0 spiro atoms. The van der Waals surface area contributed by atoms with Gasteiger partial charge in [-0.05, 0) is 24.6 Å². The van der Waals surface area contributed by atoms with Crippen LogP contribution in [0.25, 0.3) is 0 Å². The van der Waals surface area contributed by atoms with Gasteiger partial charge in [0, 0.05) is 12.3 Å². The van der Waals surface area contributed by atoms with Crippen molar-refractivity contribution in [3.63, 3.8) is 0 Å². The number of benzene rings is 1. The molecule has 19 heavy (non-hydrogen) atoms. The standard InChI is InChI=1S/C13H8ClF2N3/c1-7-4-10(16)11(5-9(7)15)19-13-12(14)8(6-17)2-3-18-13/h2-5H,1H3,(H,18,19). The third-order valence-electron chi connectivity index (χ3n) is 2.51. The SMILES string of the molecule is Cc1cc(F)c(Nc2nccc(C#N)c2Cl)cc1F. The van der Waals surface area contributed by atoms with E-state index in [1.165, 1.54) is 19.2 Å². The van der Waals surface area contributed by atoms with Gasteiger partial charge >= 0.3 is 0 Å². The lowest BCUT2D eigenvalue weighted by atomic mass is 10.2. The molecule has 6 heteroatoms. The van der Waals surface area contributed by atoms with Gasteiger partial charge in [0.25, 0.3) is 0 Å². The maximum Gasteiger partial charge on any atom is 0.150 e. The maximum absolute atomic E-state index is 13.7. The number of halogens is 3. The quantitative estimate of drug-likeness (QED) is 0.906. The van der Waals surface area contributed by atoms with Crippen molar-refractivity contribution in [2.75, 3.05) is 5.32 Å². The van der Waals surface area contributed by atoms with Crippen molar-refractivity contribution >= 4 is 23.1 Å². The van der Waals surface area contributed by atoms with Gasteiger partial charge in [0.2, 0.25) is 0 Å². The second kappa shape index (κ2) is 5.21. The minimum absolute atomic E-state index is 0.0605. The summed E-state index contributed by atoms with van der Waals surface area (Å²) in [4.78, 5) is 3.89. The highest BCUT2D eigenvalue weighted by Gasteiger charge is 2.12. The Balaban J connectivity index is 2.43. The monoisotopic (exact) mass is 279 g/mol. The highest BCUT2D eigenvalue weighted by Crippen LogP contribution is 2.28. The molecule has 0 aliphatic heterocycles. The molecule has 0 atom stereocenters. The van der Waals surface area contributed by atoms with E-state index in [4.69, 9.17) is 16.9 Å². The molecule has 1 heterocycles. The Morgan fingerprint density at radius 2 is 2.05 bits per heavy atom. The van der Waals surface area contributed by atoms with Gasteiger partial charge < -0.3 is 5.32 Å². The van der Waals surface area contributed by atoms with Crippen LogP contribution in [0.2, 0.25) is 5.02 Å². The van der Waals surface area contributed by atoms with E-state index in [0.717, 1.165) is 12.1 Å². The summed E-state index contributed by atoms with van der Waals surface area (Å²) in [5.74, 6) is -1.07. The summed E-state index contributed by atoms with van der Waals surface area (Å²) in [5, 5.41) is 11.5. The van der Waals surface area contributed by atoms with Crippen molar-refractivity contribution < 1.29 is 8.78 Å². The number of hydrogen-bond acceptors (Lipinski definition) is 3. The average Bonchev–Trinajstić information content (AvgIpc) is 2.38. The fourth-order valence-electron chi connectivity index (χ4n) is 1.49. The number of aromatic nitrogens is 1. The average molecular weight is 280 g/mol. The van der Waals surface area contributed by atoms with Crippen LogP contribution in [-0.4, -0.2) is 4.98 Å². The predicted molar refractivity (Wildman–Crippen MR) is 68.3 cm³/mol. The number of nitrogens with one attached hydrogen (secondary N) is 1. The molecule has 0 aliphatic carbocycles. The molecule has 0 saturated carbocycles. The molecule has 2 rings (SSSR count). The molecule has 1 N–H and O–H groups in total. The Kier molecular flexibility index (Phi) is 3.63. The summed E-state index contributed by atoms with van der Waals surface area (Å²) in [7, 11) is 0. The number of aryl methyl sites for hydroxylation is 1. The molecule has 0 bridgehead atoms. The fraction of sp³-hybridized carbons (Fsp3) is 0.0769. The molecule has 0 unspecified atom stereocenters. The lowest BCUT2D eigenvalue weighted by Crippen LogP contribution is -2.00. The van der Waals surface area contributed by atoms with Crippen molar-refractivity contribution in [2.45, 2.75) is 6.92 Å². The van der Waals surface area contributed by atoms with Crippen LogP contribution >= 0.6 is 11.6 Å². The maximum atomic E-state index is 13.7. The van der Waals surface area contributed by atoms with Crippen molar-refractivity contribution in [3.05, 3.63) is 52.2 Å². The molecule has 0 radical (unpaired) electrons. The Bertz CT molecular complexity index is 680. The van der Waals surface area contributed by atoms with E-state index in [1.807, 2.05) is 6.07 Å². The van der Waals surface area contributed by atoms with E-state index in [9.17, 15) is 8.78 Å². The van der Waals surface area contributed by atoms with Crippen LogP contribution < -0.4 is 5.32 Å². The summed E-state index contributed by atoms with van der Waals surface area (Å²) in [5.41, 5.74) is 0.313. The lowest BCUT2D eigenvalue weighted by molar-refractivity contribution is 0.595. The second-order valence-corrected chi connectivity index (χ2v) is 4.22. The largest absolute Gasteiger partial charge is 0.336 e. The van der Waals surface area contributed by atoms with Gasteiger partial charge in [-0.25, -0.2) is 13.8 Å². The summed E-state index contributed by atoms with van der Waals surface area (Å²) >= 11 is 5.92. The second-order valence-electron chi connectivity index (χ2n) is 3.84. The third-order valence-corrected chi connectivity index (χ3v) is 2.89. The van der Waals surface area contributed by atoms with Crippen LogP contribution in [0.4, 0.5) is 20.3 Å². The number of anilines is 2. The first-order valence-electron chi connectivity index (χ1n) is 5.30. The van der Waals surface area contributed by atoms with Crippen LogP contribution in [0.3, 0.4) is 0 Å². The van der Waals surface area contributed by atoms with Crippen molar-refractivity contribution in [1.82, 2.24) is 4.98 Å². The van der Waals surface area contributed by atoms with E-state index in [-0.39, 0.29) is 27.7 Å². The molecule has 96 valence electrons. The van der Waals surface area contributed by atoms with E-state index in [0.29, 0.717) is 0 Å². The first-order valence-corrected chi connectivity index (χ1v) is 5.68. The topological polar surface area (TPSA) is 48.7 Å². The molecule has 2 aromatic rings. The Morgan fingerprint density at radius 3 is 2.74 bits per heavy atom. The summed E-state index contributed by atoms with van der Waals surface area (Å²) in [6.45, 7) is 1.46. The van der Waals surface area contributed by atoms with Gasteiger partial charge in [-0.2, -0.15) is 5.26 Å². The molecule has 0 aliphatic rings. The van der Waals surface area contributed by atoms with Crippen LogP contribution in [0, 0.1) is 29.9 Å². The number of hydrogen-bond donors (Lipinski definition) is 1. The minimum Gasteiger partial charge on any atom is -0.336 e. The normalized spacial score (nSPS) is 10.1. The molecule has 1 aromatic carbocycles. The number of pyridine rings is 1. The highest BCUT2D eigenvalue weighted by molar-refractivity contribution is 6.34. The molecule has 0 amide bonds. The molecule has 3 nitrogen and oxygen atoms in total. The lowest BCUT2D eigenvalue weighted by Gasteiger charge is -2.10. The molecule has 1 aromatic heterocycles. The van der Waals surface area contributed by atoms with Gasteiger partial charge in [0.1, 0.15) is 22.7 Å². The first-order chi connectivity index (χ1) is 9.02. The fourth-order valence-corrected chi connectivity index (χ4v) is 1.69. The van der Waals surface area contributed by atoms with E-state index >= 15 is 0 Å². The van der Waals surface area contributed by atoms with Gasteiger partial charge in [-0.15, -0.1) is 0 Å². The Labute approximate surface area is 113 Å². The van der Waals surface area contributed by atoms with Gasteiger partial charge in [0.05, 0.1) is 11.3 Å². The number of nitrogens with zero attached hydrogens (tertiary/aromatic N) is 2. The number of nitriles is 1. The van der Waals surface area contributed by atoms with Crippen molar-refractivity contribution in [3.8, 4) is 6.07 Å². The zero-order chi connectivity index (χ0) is 14.0. The van der Waals surface area contributed by atoms with Gasteiger partial charge in [-0.3, -0.25) is 0 Å². The van der Waals surface area contributed by atoms with Gasteiger partial charge in [-0.1, -0.05) is 11.6 Å². The predicted octanol–water partition coefficient (Wildman–Crippen LogP) is 3.94. The highest BCUT2D eigenvalue weighted by atomic mass is 35.5. The molecular formula is C13H8ClF2N3. The summed E-state index contributed by atoms with van der Waals surface area (Å²) < 4.78 is 27.1. The zero-order valence-electron chi connectivity index (χ0n) is 9.84. The van der Waals surface area contributed by atoms with E-state index < -0.39 is 11.6 Å². The summed E-state index contributed by atoms with van der Waals surface area (Å²) in [6.07, 6.45) is 1.36. The molecule has 0 fully saturated rings. The number of rotatable bonds is 2. The zero-order valence-corrected chi connectivity index (χ0v) is 10.6. The van der Waals surface area contributed by atoms with Crippen molar-refractivity contribution in [2.24, 2.45) is 0 Å². The van der Waals surface area contributed by atoms with Crippen LogP contribution in [0.15, 0.2) is 24.4 Å². The van der Waals surface area contributed by atoms with Crippen molar-refractivity contribution in [1.29, 1.82) is 5.26 Å². The Hall–Kier alpha value is -2.19. The van der Waals surface area contributed by atoms with E-state index in [2.05, 4.69) is 10.3 Å². The Morgan fingerprint density at radius 1 is 1.32 bits per heavy atom. The smallest absolute Gasteiger partial charge is 0.150 e. The van der Waals surface area contributed by atoms with Gasteiger partial charge in [0.15, 0.2) is 5.82 Å². The van der Waals surface area contributed by atoms with Crippen LogP contribution in [0.1, 0.15) is 11.1 Å². The molecule has 0 saturated heterocycles. The summed E-state index contributed by atoms with van der Waals surface area (Å²) in [6, 6.07) is 5.39. The minimum atomic E-state index is -0.626. The van der Waals surface area contributed by atoms with Crippen LogP contribution in [0.5, 0.6) is 0 Å². The molecular weight excluding hydrogens is 272 g/mol. The van der Waals surface area contributed by atoms with Crippen LogP contribution in [-0.2, 0) is 0 Å². The van der Waals surface area contributed by atoms with E-state index in [1.54, 1.807) is 0 Å². The first kappa shape index (κ1) is 13.2. The third kappa shape index (κ3) is 2.64.